The molecule has 1 fully saturated rings. The molecule has 1 amide bonds. The molecule has 4 heteroatoms. The Balaban J connectivity index is 2.00. The van der Waals surface area contributed by atoms with Gasteiger partial charge in [-0.3, -0.25) is 4.79 Å². The number of nitriles is 1. The topological polar surface area (TPSA) is 64.9 Å². The third-order valence-electron chi connectivity index (χ3n) is 3.41. The fourth-order valence-electron chi connectivity index (χ4n) is 2.24. The Kier molecular flexibility index (Phi) is 6.64. The largest absolute Gasteiger partial charge is 0.354 e. The fourth-order valence-corrected chi connectivity index (χ4v) is 2.24. The molecule has 0 aliphatic heterocycles. The first-order chi connectivity index (χ1) is 8.22. The zero-order valence-corrected chi connectivity index (χ0v) is 10.7. The molecule has 4 nitrogen and oxygen atoms in total. The molecule has 0 aromatic rings. The van der Waals surface area contributed by atoms with Crippen molar-refractivity contribution in [3.8, 4) is 6.07 Å². The summed E-state index contributed by atoms with van der Waals surface area (Å²) >= 11 is 0. The smallest absolute Gasteiger partial charge is 0.233 e. The second kappa shape index (κ2) is 8.08. The number of carbonyl (C=O) groups is 1. The van der Waals surface area contributed by atoms with Crippen molar-refractivity contribution < 1.29 is 4.79 Å². The van der Waals surface area contributed by atoms with Gasteiger partial charge in [0.25, 0.3) is 0 Å². The molecule has 0 spiro atoms. The van der Waals surface area contributed by atoms with Crippen LogP contribution < -0.4 is 10.6 Å². The van der Waals surface area contributed by atoms with Crippen LogP contribution in [0.5, 0.6) is 0 Å². The van der Waals surface area contributed by atoms with Crippen LogP contribution in [0, 0.1) is 23.2 Å². The van der Waals surface area contributed by atoms with Gasteiger partial charge in [0.15, 0.2) is 0 Å². The standard InChI is InChI=1S/C13H23N3O/c1-11-3-5-12(6-4-11)9-15-10-13(17)16-8-2-7-14/h11-12,15H,2-6,8-10H2,1H3,(H,16,17). The molecule has 1 aliphatic rings. The molecule has 0 atom stereocenters. The highest BCUT2D eigenvalue weighted by molar-refractivity contribution is 5.77. The third-order valence-corrected chi connectivity index (χ3v) is 3.41. The average molecular weight is 237 g/mol. The van der Waals surface area contributed by atoms with Gasteiger partial charge in [-0.15, -0.1) is 0 Å². The van der Waals surface area contributed by atoms with Crippen molar-refractivity contribution in [3.63, 3.8) is 0 Å². The molecule has 96 valence electrons. The first-order valence-electron chi connectivity index (χ1n) is 6.56. The van der Waals surface area contributed by atoms with Crippen LogP contribution in [0.4, 0.5) is 0 Å². The maximum absolute atomic E-state index is 11.3. The van der Waals surface area contributed by atoms with E-state index in [1.165, 1.54) is 25.7 Å². The van der Waals surface area contributed by atoms with Crippen molar-refractivity contribution in [1.29, 1.82) is 5.26 Å². The van der Waals surface area contributed by atoms with E-state index in [4.69, 9.17) is 5.26 Å². The highest BCUT2D eigenvalue weighted by Gasteiger charge is 2.17. The lowest BCUT2D eigenvalue weighted by Crippen LogP contribution is -2.36. The van der Waals surface area contributed by atoms with Crippen LogP contribution in [0.2, 0.25) is 0 Å². The summed E-state index contributed by atoms with van der Waals surface area (Å²) < 4.78 is 0. The van der Waals surface area contributed by atoms with E-state index in [1.807, 2.05) is 6.07 Å². The Morgan fingerprint density at radius 1 is 1.35 bits per heavy atom. The van der Waals surface area contributed by atoms with Crippen LogP contribution in [-0.4, -0.2) is 25.5 Å². The van der Waals surface area contributed by atoms with E-state index >= 15 is 0 Å². The highest BCUT2D eigenvalue weighted by atomic mass is 16.1. The number of nitrogens with one attached hydrogen (secondary N) is 2. The van der Waals surface area contributed by atoms with E-state index in [9.17, 15) is 4.79 Å². The minimum absolute atomic E-state index is 0.00979. The van der Waals surface area contributed by atoms with Crippen molar-refractivity contribution in [1.82, 2.24) is 10.6 Å². The number of rotatable bonds is 6. The minimum atomic E-state index is -0.00979. The van der Waals surface area contributed by atoms with Crippen molar-refractivity contribution in [2.75, 3.05) is 19.6 Å². The number of amides is 1. The van der Waals surface area contributed by atoms with Gasteiger partial charge in [-0.2, -0.15) is 5.26 Å². The van der Waals surface area contributed by atoms with Crippen LogP contribution in [0.25, 0.3) is 0 Å². The fraction of sp³-hybridized carbons (Fsp3) is 0.846. The van der Waals surface area contributed by atoms with E-state index in [0.717, 1.165) is 18.4 Å². The predicted molar refractivity (Wildman–Crippen MR) is 67.2 cm³/mol. The number of hydrogen-bond donors (Lipinski definition) is 2. The summed E-state index contributed by atoms with van der Waals surface area (Å²) in [5.74, 6) is 1.60. The van der Waals surface area contributed by atoms with Crippen molar-refractivity contribution in [2.24, 2.45) is 11.8 Å². The van der Waals surface area contributed by atoms with Crippen LogP contribution in [0.15, 0.2) is 0 Å². The molecule has 0 radical (unpaired) electrons. The highest BCUT2D eigenvalue weighted by Crippen LogP contribution is 2.27. The predicted octanol–water partition coefficient (Wildman–Crippen LogP) is 1.43. The molecular formula is C13H23N3O. The lowest BCUT2D eigenvalue weighted by Gasteiger charge is -2.26. The van der Waals surface area contributed by atoms with Crippen LogP contribution in [0.1, 0.15) is 39.0 Å². The van der Waals surface area contributed by atoms with Gasteiger partial charge < -0.3 is 10.6 Å². The molecule has 2 N–H and O–H groups in total. The summed E-state index contributed by atoms with van der Waals surface area (Å²) in [6.07, 6.45) is 5.59. The zero-order chi connectivity index (χ0) is 12.5. The Morgan fingerprint density at radius 3 is 2.71 bits per heavy atom. The molecule has 1 saturated carbocycles. The van der Waals surface area contributed by atoms with Gasteiger partial charge in [0.05, 0.1) is 19.0 Å². The first kappa shape index (κ1) is 14.0. The monoisotopic (exact) mass is 237 g/mol. The van der Waals surface area contributed by atoms with Gasteiger partial charge in [-0.25, -0.2) is 0 Å². The molecule has 1 aliphatic carbocycles. The summed E-state index contributed by atoms with van der Waals surface area (Å²) in [6, 6.07) is 2.00. The molecular weight excluding hydrogens is 214 g/mol. The van der Waals surface area contributed by atoms with E-state index in [1.54, 1.807) is 0 Å². The van der Waals surface area contributed by atoms with Crippen molar-refractivity contribution in [2.45, 2.75) is 39.0 Å². The summed E-state index contributed by atoms with van der Waals surface area (Å²) in [7, 11) is 0. The summed E-state index contributed by atoms with van der Waals surface area (Å²) in [5, 5.41) is 14.2. The Morgan fingerprint density at radius 2 is 2.06 bits per heavy atom. The number of nitrogens with zero attached hydrogens (tertiary/aromatic N) is 1. The summed E-state index contributed by atoms with van der Waals surface area (Å²) in [5.41, 5.74) is 0. The summed E-state index contributed by atoms with van der Waals surface area (Å²) in [6.45, 7) is 4.08. The molecule has 0 heterocycles. The van der Waals surface area contributed by atoms with Crippen LogP contribution >= 0.6 is 0 Å². The second-order valence-electron chi connectivity index (χ2n) is 5.01. The van der Waals surface area contributed by atoms with Gasteiger partial charge >= 0.3 is 0 Å². The van der Waals surface area contributed by atoms with Gasteiger partial charge in [-0.1, -0.05) is 19.8 Å². The van der Waals surface area contributed by atoms with Crippen LogP contribution in [0.3, 0.4) is 0 Å². The quantitative estimate of drug-likeness (QED) is 0.687. The zero-order valence-electron chi connectivity index (χ0n) is 10.7. The van der Waals surface area contributed by atoms with Crippen LogP contribution in [-0.2, 0) is 4.79 Å². The third kappa shape index (κ3) is 6.28. The van der Waals surface area contributed by atoms with E-state index in [-0.39, 0.29) is 5.91 Å². The molecule has 0 bridgehead atoms. The molecule has 1 rings (SSSR count). The molecule has 0 saturated heterocycles. The van der Waals surface area contributed by atoms with Gasteiger partial charge in [0.2, 0.25) is 5.91 Å². The van der Waals surface area contributed by atoms with Gasteiger partial charge in [-0.05, 0) is 31.2 Å². The number of carbonyl (C=O) groups excluding carboxylic acids is 1. The van der Waals surface area contributed by atoms with Crippen molar-refractivity contribution in [3.05, 3.63) is 0 Å². The first-order valence-corrected chi connectivity index (χ1v) is 6.56. The molecule has 0 aromatic heterocycles. The Hall–Kier alpha value is -1.08. The SMILES string of the molecule is CC1CCC(CNCC(=O)NCCC#N)CC1. The maximum Gasteiger partial charge on any atom is 0.233 e. The Bertz CT molecular complexity index is 264. The average Bonchev–Trinajstić information content (AvgIpc) is 2.32. The number of hydrogen-bond acceptors (Lipinski definition) is 3. The second-order valence-corrected chi connectivity index (χ2v) is 5.01. The minimum Gasteiger partial charge on any atom is -0.354 e. The summed E-state index contributed by atoms with van der Waals surface area (Å²) in [4.78, 5) is 11.3. The van der Waals surface area contributed by atoms with Gasteiger partial charge in [0.1, 0.15) is 0 Å². The van der Waals surface area contributed by atoms with E-state index in [2.05, 4.69) is 17.6 Å². The molecule has 0 aromatic carbocycles. The van der Waals surface area contributed by atoms with Crippen molar-refractivity contribution >= 4 is 5.91 Å². The molecule has 0 unspecified atom stereocenters. The molecule has 17 heavy (non-hydrogen) atoms. The maximum atomic E-state index is 11.3. The van der Waals surface area contributed by atoms with Gasteiger partial charge in [0, 0.05) is 6.54 Å². The van der Waals surface area contributed by atoms with E-state index < -0.39 is 0 Å². The lowest BCUT2D eigenvalue weighted by atomic mass is 9.83. The normalized spacial score (nSPS) is 24.0. The van der Waals surface area contributed by atoms with E-state index in [0.29, 0.717) is 19.5 Å². The lowest BCUT2D eigenvalue weighted by molar-refractivity contribution is -0.120. The Labute approximate surface area is 104 Å².